The van der Waals surface area contributed by atoms with Gasteiger partial charge < -0.3 is 14.1 Å². The predicted octanol–water partition coefficient (Wildman–Crippen LogP) is 2.10. The second-order valence-electron chi connectivity index (χ2n) is 5.71. The van der Waals surface area contributed by atoms with Gasteiger partial charge in [0.25, 0.3) is 5.69 Å². The first-order chi connectivity index (χ1) is 12.5. The van der Waals surface area contributed by atoms with Crippen LogP contribution in [0.15, 0.2) is 39.9 Å². The molecule has 9 nitrogen and oxygen atoms in total. The van der Waals surface area contributed by atoms with Crippen LogP contribution in [0.4, 0.5) is 11.4 Å². The van der Waals surface area contributed by atoms with E-state index in [4.69, 9.17) is 9.15 Å². The molecule has 9 heteroatoms. The molecular formula is C17H18N4O5. The van der Waals surface area contributed by atoms with Crippen LogP contribution >= 0.6 is 0 Å². The van der Waals surface area contributed by atoms with Gasteiger partial charge in [0.2, 0.25) is 0 Å². The van der Waals surface area contributed by atoms with Crippen molar-refractivity contribution in [1.82, 2.24) is 5.43 Å². The molecule has 0 bridgehead atoms. The van der Waals surface area contributed by atoms with Crippen LogP contribution in [0.5, 0.6) is 0 Å². The number of hydrogen-bond donors (Lipinski definition) is 1. The molecular weight excluding hydrogens is 340 g/mol. The third-order valence-electron chi connectivity index (χ3n) is 3.89. The Kier molecular flexibility index (Phi) is 5.28. The normalized spacial score (nSPS) is 14.6. The molecule has 1 aromatic heterocycles. The van der Waals surface area contributed by atoms with Gasteiger partial charge in [-0.25, -0.2) is 5.43 Å². The van der Waals surface area contributed by atoms with Crippen LogP contribution in [-0.2, 0) is 4.74 Å². The topological polar surface area (TPSA) is 110 Å². The minimum Gasteiger partial charge on any atom is -0.456 e. The van der Waals surface area contributed by atoms with Gasteiger partial charge in [0, 0.05) is 24.7 Å². The maximum absolute atomic E-state index is 11.8. The van der Waals surface area contributed by atoms with Crippen molar-refractivity contribution in [2.24, 2.45) is 5.10 Å². The lowest BCUT2D eigenvalue weighted by Crippen LogP contribution is -2.36. The number of anilines is 1. The molecule has 1 aromatic carbocycles. The number of nitrogens with one attached hydrogen (secondary N) is 1. The molecule has 0 saturated carbocycles. The molecule has 2 heterocycles. The maximum Gasteiger partial charge on any atom is 0.307 e. The number of rotatable bonds is 5. The van der Waals surface area contributed by atoms with Crippen LogP contribution in [0, 0.1) is 17.0 Å². The van der Waals surface area contributed by atoms with E-state index in [2.05, 4.69) is 10.5 Å². The highest BCUT2D eigenvalue weighted by atomic mass is 16.6. The first-order valence-corrected chi connectivity index (χ1v) is 8.05. The number of benzene rings is 1. The number of nitrogens with zero attached hydrogens (tertiary/aromatic N) is 3. The van der Waals surface area contributed by atoms with Crippen LogP contribution in [0.1, 0.15) is 21.9 Å². The Labute approximate surface area is 149 Å². The Hall–Kier alpha value is -3.20. The van der Waals surface area contributed by atoms with E-state index in [9.17, 15) is 14.9 Å². The number of amides is 1. The number of furan rings is 1. The van der Waals surface area contributed by atoms with Crippen molar-refractivity contribution in [3.63, 3.8) is 0 Å². The minimum absolute atomic E-state index is 0.0103. The molecule has 1 N–H and O–H groups in total. The average Bonchev–Trinajstić information content (AvgIpc) is 3.09. The summed E-state index contributed by atoms with van der Waals surface area (Å²) in [4.78, 5) is 24.7. The summed E-state index contributed by atoms with van der Waals surface area (Å²) in [6.07, 6.45) is 1.35. The second-order valence-corrected chi connectivity index (χ2v) is 5.71. The monoisotopic (exact) mass is 358 g/mol. The van der Waals surface area contributed by atoms with Gasteiger partial charge in [0.1, 0.15) is 11.4 Å². The highest BCUT2D eigenvalue weighted by Crippen LogP contribution is 2.29. The van der Waals surface area contributed by atoms with E-state index in [-0.39, 0.29) is 11.4 Å². The first kappa shape index (κ1) is 17.6. The summed E-state index contributed by atoms with van der Waals surface area (Å²) in [5.74, 6) is 0.274. The summed E-state index contributed by atoms with van der Waals surface area (Å²) in [6, 6.07) is 8.04. The van der Waals surface area contributed by atoms with Crippen LogP contribution in [0.2, 0.25) is 0 Å². The lowest BCUT2D eigenvalue weighted by molar-refractivity contribution is -0.384. The lowest BCUT2D eigenvalue weighted by atomic mass is 10.1. The number of ether oxygens (including phenoxy) is 1. The molecule has 3 rings (SSSR count). The molecule has 1 aliphatic heterocycles. The molecule has 0 spiro atoms. The average molecular weight is 358 g/mol. The Morgan fingerprint density at radius 2 is 2.08 bits per heavy atom. The molecule has 136 valence electrons. The van der Waals surface area contributed by atoms with E-state index in [1.807, 2.05) is 4.90 Å². The molecule has 0 aliphatic carbocycles. The molecule has 2 aromatic rings. The Bertz CT molecular complexity index is 839. The molecule has 1 saturated heterocycles. The number of nitro groups is 1. The van der Waals surface area contributed by atoms with E-state index in [0.29, 0.717) is 43.3 Å². The number of nitro benzene ring substituents is 1. The zero-order chi connectivity index (χ0) is 18.5. The highest BCUT2D eigenvalue weighted by molar-refractivity contribution is 5.92. The van der Waals surface area contributed by atoms with Crippen molar-refractivity contribution < 1.29 is 18.9 Å². The fourth-order valence-corrected chi connectivity index (χ4v) is 2.62. The van der Waals surface area contributed by atoms with Crippen molar-refractivity contribution in [1.29, 1.82) is 0 Å². The largest absolute Gasteiger partial charge is 0.456 e. The standard InChI is InChI=1S/C17H18N4O5/c1-12-2-5-16(26-12)17(22)19-18-11-13-3-4-14(15(10-13)21(23)24)20-6-8-25-9-7-20/h2-5,10-11H,6-9H2,1H3,(H,19,22)/b18-11-. The summed E-state index contributed by atoms with van der Waals surface area (Å²) in [5.41, 5.74) is 3.37. The predicted molar refractivity (Wildman–Crippen MR) is 94.6 cm³/mol. The number of morpholine rings is 1. The van der Waals surface area contributed by atoms with Gasteiger partial charge in [-0.1, -0.05) is 6.07 Å². The van der Waals surface area contributed by atoms with Crippen LogP contribution < -0.4 is 10.3 Å². The Morgan fingerprint density at radius 3 is 2.73 bits per heavy atom. The number of carbonyl (C=O) groups excluding carboxylic acids is 1. The number of carbonyl (C=O) groups is 1. The molecule has 0 unspecified atom stereocenters. The Morgan fingerprint density at radius 1 is 1.31 bits per heavy atom. The highest BCUT2D eigenvalue weighted by Gasteiger charge is 2.21. The molecule has 1 fully saturated rings. The van der Waals surface area contributed by atoms with Gasteiger partial charge in [0.15, 0.2) is 5.76 Å². The lowest BCUT2D eigenvalue weighted by Gasteiger charge is -2.28. The summed E-state index contributed by atoms with van der Waals surface area (Å²) in [5, 5.41) is 15.2. The SMILES string of the molecule is Cc1ccc(C(=O)N/N=C\c2ccc(N3CCOCC3)c([N+](=O)[O-])c2)o1. The van der Waals surface area contributed by atoms with E-state index in [1.54, 1.807) is 31.2 Å². The fourth-order valence-electron chi connectivity index (χ4n) is 2.62. The molecule has 26 heavy (non-hydrogen) atoms. The maximum atomic E-state index is 11.8. The van der Waals surface area contributed by atoms with Gasteiger partial charge >= 0.3 is 5.91 Å². The van der Waals surface area contributed by atoms with Crippen LogP contribution in [-0.4, -0.2) is 43.3 Å². The van der Waals surface area contributed by atoms with Gasteiger partial charge in [-0.15, -0.1) is 0 Å². The van der Waals surface area contributed by atoms with Crippen LogP contribution in [0.3, 0.4) is 0 Å². The van der Waals surface area contributed by atoms with E-state index in [0.717, 1.165) is 0 Å². The number of hydrazone groups is 1. The molecule has 1 aliphatic rings. The van der Waals surface area contributed by atoms with Crippen LogP contribution in [0.25, 0.3) is 0 Å². The minimum atomic E-state index is -0.492. The van der Waals surface area contributed by atoms with Gasteiger partial charge in [-0.05, 0) is 25.1 Å². The van der Waals surface area contributed by atoms with Gasteiger partial charge in [0.05, 0.1) is 24.4 Å². The van der Waals surface area contributed by atoms with Gasteiger partial charge in [-0.2, -0.15) is 5.10 Å². The summed E-state index contributed by atoms with van der Waals surface area (Å²) in [6.45, 7) is 4.02. The summed E-state index contributed by atoms with van der Waals surface area (Å²) >= 11 is 0. The number of hydrogen-bond acceptors (Lipinski definition) is 7. The smallest absolute Gasteiger partial charge is 0.307 e. The number of aryl methyl sites for hydroxylation is 1. The van der Waals surface area contributed by atoms with E-state index in [1.165, 1.54) is 12.3 Å². The third-order valence-corrected chi connectivity index (χ3v) is 3.89. The zero-order valence-electron chi connectivity index (χ0n) is 14.2. The summed E-state index contributed by atoms with van der Waals surface area (Å²) < 4.78 is 10.5. The molecule has 1 amide bonds. The quantitative estimate of drug-likeness (QED) is 0.498. The fraction of sp³-hybridized carbons (Fsp3) is 0.294. The van der Waals surface area contributed by atoms with Crippen molar-refractivity contribution in [2.45, 2.75) is 6.92 Å². The van der Waals surface area contributed by atoms with E-state index < -0.39 is 10.8 Å². The van der Waals surface area contributed by atoms with Crippen molar-refractivity contribution in [3.8, 4) is 0 Å². The Balaban J connectivity index is 1.72. The van der Waals surface area contributed by atoms with Crippen molar-refractivity contribution >= 4 is 23.5 Å². The van der Waals surface area contributed by atoms with Gasteiger partial charge in [-0.3, -0.25) is 14.9 Å². The molecule has 0 atom stereocenters. The third kappa shape index (κ3) is 4.06. The summed E-state index contributed by atoms with van der Waals surface area (Å²) in [7, 11) is 0. The molecule has 0 radical (unpaired) electrons. The first-order valence-electron chi connectivity index (χ1n) is 8.05. The second kappa shape index (κ2) is 7.79. The van der Waals surface area contributed by atoms with Crippen molar-refractivity contribution in [2.75, 3.05) is 31.2 Å². The van der Waals surface area contributed by atoms with Crippen molar-refractivity contribution in [3.05, 3.63) is 57.5 Å². The van der Waals surface area contributed by atoms with E-state index >= 15 is 0 Å². The zero-order valence-corrected chi connectivity index (χ0v) is 14.2.